The highest BCUT2D eigenvalue weighted by Gasteiger charge is 2.21. The van der Waals surface area contributed by atoms with Gasteiger partial charge in [0.2, 0.25) is 0 Å². The van der Waals surface area contributed by atoms with Crippen molar-refractivity contribution in [2.45, 2.75) is 0 Å². The van der Waals surface area contributed by atoms with E-state index in [4.69, 9.17) is 28.8 Å². The first-order valence-electron chi connectivity index (χ1n) is 15.8. The maximum Gasteiger partial charge on any atom is 0.164 e. The van der Waals surface area contributed by atoms with Gasteiger partial charge in [0.1, 0.15) is 22.3 Å². The number of pyridine rings is 1. The van der Waals surface area contributed by atoms with Crippen molar-refractivity contribution in [2.24, 2.45) is 0 Å². The molecule has 48 heavy (non-hydrogen) atoms. The summed E-state index contributed by atoms with van der Waals surface area (Å²) in [4.78, 5) is 20.4. The van der Waals surface area contributed by atoms with E-state index in [0.29, 0.717) is 17.5 Å². The Balaban J connectivity index is 1.24. The van der Waals surface area contributed by atoms with Crippen molar-refractivity contribution in [3.8, 4) is 45.3 Å². The molecule has 0 bridgehead atoms. The molecule has 0 saturated heterocycles. The van der Waals surface area contributed by atoms with Crippen LogP contribution in [-0.4, -0.2) is 19.9 Å². The fourth-order valence-corrected chi connectivity index (χ4v) is 6.76. The zero-order chi connectivity index (χ0) is 31.6. The second kappa shape index (κ2) is 10.4. The molecule has 0 amide bonds. The second-order valence-electron chi connectivity index (χ2n) is 11.8. The van der Waals surface area contributed by atoms with Gasteiger partial charge in [0.05, 0.1) is 10.9 Å². The summed E-state index contributed by atoms with van der Waals surface area (Å²) in [5, 5.41) is 3.99. The Labute approximate surface area is 274 Å². The van der Waals surface area contributed by atoms with Gasteiger partial charge in [0, 0.05) is 32.8 Å². The van der Waals surface area contributed by atoms with Crippen LogP contribution in [0, 0.1) is 0 Å². The molecule has 0 saturated carbocycles. The number of furan rings is 2. The first-order valence-corrected chi connectivity index (χ1v) is 15.8. The fraction of sp³-hybridized carbons (Fsp3) is 0. The van der Waals surface area contributed by atoms with Crippen molar-refractivity contribution < 1.29 is 8.83 Å². The summed E-state index contributed by atoms with van der Waals surface area (Å²) in [7, 11) is 0. The van der Waals surface area contributed by atoms with E-state index >= 15 is 0 Å². The zero-order valence-electron chi connectivity index (χ0n) is 25.5. The van der Waals surface area contributed by atoms with Crippen LogP contribution in [0.1, 0.15) is 0 Å². The molecule has 0 aliphatic rings. The smallest absolute Gasteiger partial charge is 0.164 e. The third kappa shape index (κ3) is 4.13. The summed E-state index contributed by atoms with van der Waals surface area (Å²) in [6, 6.07) is 48.7. The maximum atomic E-state index is 6.38. The Hall–Kier alpha value is -6.66. The van der Waals surface area contributed by atoms with Crippen LogP contribution in [0.25, 0.3) is 100 Å². The molecule has 10 aromatic rings. The Kier molecular flexibility index (Phi) is 5.77. The van der Waals surface area contributed by atoms with Gasteiger partial charge in [0.25, 0.3) is 0 Å². The normalized spacial score (nSPS) is 11.8. The van der Waals surface area contributed by atoms with Crippen molar-refractivity contribution in [3.63, 3.8) is 0 Å². The average Bonchev–Trinajstić information content (AvgIpc) is 3.72. The summed E-state index contributed by atoms with van der Waals surface area (Å²) >= 11 is 0. The summed E-state index contributed by atoms with van der Waals surface area (Å²) in [6.07, 6.45) is 0. The van der Waals surface area contributed by atoms with Crippen molar-refractivity contribution in [1.82, 2.24) is 19.9 Å². The Morgan fingerprint density at radius 3 is 1.85 bits per heavy atom. The number of rotatable bonds is 4. The first-order chi connectivity index (χ1) is 23.8. The van der Waals surface area contributed by atoms with E-state index in [1.54, 1.807) is 0 Å². The summed E-state index contributed by atoms with van der Waals surface area (Å²) in [5.41, 5.74) is 9.53. The molecule has 0 unspecified atom stereocenters. The molecule has 0 aliphatic carbocycles. The molecule has 6 nitrogen and oxygen atoms in total. The number of nitrogens with zero attached hydrogens (tertiary/aromatic N) is 4. The fourth-order valence-electron chi connectivity index (χ4n) is 6.76. The third-order valence-corrected chi connectivity index (χ3v) is 8.94. The number of aromatic nitrogens is 4. The van der Waals surface area contributed by atoms with Crippen LogP contribution in [0.2, 0.25) is 0 Å². The van der Waals surface area contributed by atoms with Gasteiger partial charge in [-0.25, -0.2) is 19.9 Å². The molecule has 4 heterocycles. The summed E-state index contributed by atoms with van der Waals surface area (Å²) in [5.74, 6) is 1.74. The first kappa shape index (κ1) is 26.5. The van der Waals surface area contributed by atoms with E-state index in [1.807, 2.05) is 103 Å². The number of hydrogen-bond donors (Lipinski definition) is 0. The predicted octanol–water partition coefficient (Wildman–Crippen LogP) is 10.9. The number of para-hydroxylation sites is 2. The molecule has 224 valence electrons. The minimum atomic E-state index is 0.572. The zero-order valence-corrected chi connectivity index (χ0v) is 25.5. The molecule has 0 radical (unpaired) electrons. The van der Waals surface area contributed by atoms with E-state index in [-0.39, 0.29) is 0 Å². The van der Waals surface area contributed by atoms with Crippen LogP contribution in [-0.2, 0) is 0 Å². The van der Waals surface area contributed by atoms with E-state index < -0.39 is 0 Å². The molecule has 0 fully saturated rings. The van der Waals surface area contributed by atoms with Gasteiger partial charge in [-0.05, 0) is 41.5 Å². The second-order valence-corrected chi connectivity index (χ2v) is 11.8. The lowest BCUT2D eigenvalue weighted by Crippen LogP contribution is -2.01. The van der Waals surface area contributed by atoms with Gasteiger partial charge in [-0.3, -0.25) is 0 Å². The topological polar surface area (TPSA) is 77.8 Å². The van der Waals surface area contributed by atoms with Crippen LogP contribution in [0.4, 0.5) is 0 Å². The average molecular weight is 617 g/mol. The van der Waals surface area contributed by atoms with Gasteiger partial charge in [-0.15, -0.1) is 0 Å². The highest BCUT2D eigenvalue weighted by molar-refractivity contribution is 6.14. The molecule has 6 heteroatoms. The monoisotopic (exact) mass is 616 g/mol. The van der Waals surface area contributed by atoms with Crippen LogP contribution < -0.4 is 0 Å². The summed E-state index contributed by atoms with van der Waals surface area (Å²) in [6.45, 7) is 0. The quantitative estimate of drug-likeness (QED) is 0.196. The Bertz CT molecular complexity index is 2850. The van der Waals surface area contributed by atoms with Crippen LogP contribution >= 0.6 is 0 Å². The largest absolute Gasteiger partial charge is 0.456 e. The molecule has 10 rings (SSSR count). The SMILES string of the molecule is c1ccc(-c2nc(-c3ccccc3-c3cccc4oc5cc6ccccc6nc5c34)nc(-c3cccc4oc5ccccc5c34)n2)cc1. The van der Waals surface area contributed by atoms with Crippen molar-refractivity contribution in [1.29, 1.82) is 0 Å². The highest BCUT2D eigenvalue weighted by Crippen LogP contribution is 2.41. The minimum Gasteiger partial charge on any atom is -0.456 e. The van der Waals surface area contributed by atoms with Gasteiger partial charge in [-0.2, -0.15) is 0 Å². The molecular weight excluding hydrogens is 592 g/mol. The number of benzene rings is 6. The Morgan fingerprint density at radius 2 is 0.979 bits per heavy atom. The highest BCUT2D eigenvalue weighted by atomic mass is 16.3. The van der Waals surface area contributed by atoms with Crippen LogP contribution in [0.3, 0.4) is 0 Å². The third-order valence-electron chi connectivity index (χ3n) is 8.94. The molecule has 6 aromatic carbocycles. The lowest BCUT2D eigenvalue weighted by molar-refractivity contribution is 0.668. The Morgan fingerprint density at radius 1 is 0.375 bits per heavy atom. The molecule has 4 aromatic heterocycles. The van der Waals surface area contributed by atoms with E-state index in [1.165, 1.54) is 0 Å². The van der Waals surface area contributed by atoms with Gasteiger partial charge >= 0.3 is 0 Å². The van der Waals surface area contributed by atoms with E-state index in [9.17, 15) is 0 Å². The van der Waals surface area contributed by atoms with Crippen molar-refractivity contribution in [3.05, 3.63) is 146 Å². The predicted molar refractivity (Wildman–Crippen MR) is 191 cm³/mol. The lowest BCUT2D eigenvalue weighted by atomic mass is 9.95. The van der Waals surface area contributed by atoms with Crippen LogP contribution in [0.5, 0.6) is 0 Å². The molecule has 0 aliphatic heterocycles. The van der Waals surface area contributed by atoms with Gasteiger partial charge in [-0.1, -0.05) is 115 Å². The van der Waals surface area contributed by atoms with Crippen molar-refractivity contribution >= 4 is 54.9 Å². The van der Waals surface area contributed by atoms with E-state index in [2.05, 4.69) is 42.5 Å². The van der Waals surface area contributed by atoms with Gasteiger partial charge < -0.3 is 8.83 Å². The van der Waals surface area contributed by atoms with Crippen molar-refractivity contribution in [2.75, 3.05) is 0 Å². The molecule has 0 atom stereocenters. The lowest BCUT2D eigenvalue weighted by Gasteiger charge is -2.13. The summed E-state index contributed by atoms with van der Waals surface area (Å²) < 4.78 is 12.6. The standard InChI is InChI=1S/C42H24N4O2/c1-2-12-25(13-3-1)40-44-41(46-42(45-40)31-19-11-22-34-37(31)30-17-7-9-21-33(30)47-34)29-16-6-5-15-27(29)28-18-10-23-35-38(28)39-36(48-35)24-26-14-4-8-20-32(26)43-39/h1-24H. The molecular formula is C42H24N4O2. The molecule has 0 N–H and O–H groups in total. The van der Waals surface area contributed by atoms with E-state index in [0.717, 1.165) is 82.7 Å². The van der Waals surface area contributed by atoms with Gasteiger partial charge in [0.15, 0.2) is 23.1 Å². The minimum absolute atomic E-state index is 0.572. The van der Waals surface area contributed by atoms with Crippen LogP contribution in [0.15, 0.2) is 154 Å². The molecule has 0 spiro atoms. The maximum absolute atomic E-state index is 6.38. The number of fused-ring (bicyclic) bond motifs is 7. The number of hydrogen-bond acceptors (Lipinski definition) is 6.